The van der Waals surface area contributed by atoms with Crippen molar-refractivity contribution in [1.82, 2.24) is 5.32 Å². The van der Waals surface area contributed by atoms with Gasteiger partial charge in [0.15, 0.2) is 0 Å². The molecule has 1 aliphatic rings. The van der Waals surface area contributed by atoms with Crippen molar-refractivity contribution in [3.8, 4) is 0 Å². The zero-order chi connectivity index (χ0) is 13.3. The molecule has 0 radical (unpaired) electrons. The number of rotatable bonds is 2. The zero-order valence-corrected chi connectivity index (χ0v) is 10.8. The van der Waals surface area contributed by atoms with Crippen LogP contribution >= 0.6 is 0 Å². The second kappa shape index (κ2) is 4.68. The number of urea groups is 1. The summed E-state index contributed by atoms with van der Waals surface area (Å²) in [6.07, 6.45) is 0. The Balaban J connectivity index is 2.37. The Bertz CT molecular complexity index is 485. The first kappa shape index (κ1) is 12.4. The van der Waals surface area contributed by atoms with E-state index in [9.17, 15) is 9.59 Å². The average molecular weight is 247 g/mol. The molecule has 1 heterocycles. The van der Waals surface area contributed by atoms with Gasteiger partial charge in [0.25, 0.3) is 0 Å². The summed E-state index contributed by atoms with van der Waals surface area (Å²) in [6.45, 7) is 2.22. The lowest BCUT2D eigenvalue weighted by molar-refractivity contribution is -0.123. The van der Waals surface area contributed by atoms with Crippen molar-refractivity contribution in [2.24, 2.45) is 5.92 Å². The molecule has 0 saturated carbocycles. The standard InChI is InChI=1S/C13H17N3O2/c1-9-8-16(13(18)14-12(9)17)11-7-5-4-6-10(11)15(2)3/h4-7,9H,8H2,1-3H3,(H,14,17,18). The van der Waals surface area contributed by atoms with E-state index in [0.29, 0.717) is 6.54 Å². The lowest BCUT2D eigenvalue weighted by Gasteiger charge is -2.32. The zero-order valence-electron chi connectivity index (χ0n) is 10.8. The van der Waals surface area contributed by atoms with Crippen molar-refractivity contribution in [2.75, 3.05) is 30.4 Å². The van der Waals surface area contributed by atoms with Gasteiger partial charge in [-0.15, -0.1) is 0 Å². The largest absolute Gasteiger partial charge is 0.376 e. The topological polar surface area (TPSA) is 52.6 Å². The number of imide groups is 1. The summed E-state index contributed by atoms with van der Waals surface area (Å²) < 4.78 is 0. The number of nitrogens with zero attached hydrogens (tertiary/aromatic N) is 2. The number of carbonyl (C=O) groups is 2. The highest BCUT2D eigenvalue weighted by Crippen LogP contribution is 2.29. The number of benzene rings is 1. The van der Waals surface area contributed by atoms with E-state index in [2.05, 4.69) is 5.32 Å². The Morgan fingerprint density at radius 3 is 2.61 bits per heavy atom. The van der Waals surface area contributed by atoms with Crippen LogP contribution < -0.4 is 15.1 Å². The molecule has 1 saturated heterocycles. The molecule has 0 spiro atoms. The average Bonchev–Trinajstić information content (AvgIpc) is 2.34. The van der Waals surface area contributed by atoms with Crippen LogP contribution in [0.5, 0.6) is 0 Å². The monoisotopic (exact) mass is 247 g/mol. The molecule has 5 heteroatoms. The molecule has 2 rings (SSSR count). The third-order valence-electron chi connectivity index (χ3n) is 3.03. The summed E-state index contributed by atoms with van der Waals surface area (Å²) in [5, 5.41) is 2.37. The van der Waals surface area contributed by atoms with E-state index in [0.717, 1.165) is 11.4 Å². The molecule has 96 valence electrons. The summed E-state index contributed by atoms with van der Waals surface area (Å²) in [6, 6.07) is 7.29. The predicted octanol–water partition coefficient (Wildman–Crippen LogP) is 1.44. The highest BCUT2D eigenvalue weighted by atomic mass is 16.2. The number of anilines is 2. The van der Waals surface area contributed by atoms with Crippen LogP contribution in [0.1, 0.15) is 6.92 Å². The van der Waals surface area contributed by atoms with Gasteiger partial charge in [0, 0.05) is 20.6 Å². The molecule has 1 aromatic rings. The molecule has 1 aromatic carbocycles. The van der Waals surface area contributed by atoms with Gasteiger partial charge in [0.1, 0.15) is 0 Å². The summed E-state index contributed by atoms with van der Waals surface area (Å²) in [5.41, 5.74) is 1.77. The van der Waals surface area contributed by atoms with E-state index >= 15 is 0 Å². The van der Waals surface area contributed by atoms with Crippen molar-refractivity contribution in [3.05, 3.63) is 24.3 Å². The molecular formula is C13H17N3O2. The molecule has 5 nitrogen and oxygen atoms in total. The number of nitrogens with one attached hydrogen (secondary N) is 1. The van der Waals surface area contributed by atoms with Gasteiger partial charge in [0.05, 0.1) is 17.3 Å². The van der Waals surface area contributed by atoms with Gasteiger partial charge in [0.2, 0.25) is 5.91 Å². The van der Waals surface area contributed by atoms with Crippen LogP contribution in [0.25, 0.3) is 0 Å². The van der Waals surface area contributed by atoms with E-state index in [1.165, 1.54) is 0 Å². The van der Waals surface area contributed by atoms with Gasteiger partial charge >= 0.3 is 6.03 Å². The fourth-order valence-corrected chi connectivity index (χ4v) is 2.01. The molecule has 1 unspecified atom stereocenters. The number of amides is 3. The Morgan fingerprint density at radius 1 is 1.28 bits per heavy atom. The van der Waals surface area contributed by atoms with Gasteiger partial charge in [-0.1, -0.05) is 19.1 Å². The maximum Gasteiger partial charge on any atom is 0.328 e. The highest BCUT2D eigenvalue weighted by molar-refractivity contribution is 6.07. The number of para-hydroxylation sites is 2. The molecule has 1 aliphatic heterocycles. The molecule has 0 aromatic heterocycles. The smallest absolute Gasteiger partial charge is 0.328 e. The Hall–Kier alpha value is -2.04. The maximum atomic E-state index is 11.9. The number of carbonyl (C=O) groups excluding carboxylic acids is 2. The SMILES string of the molecule is CC1CN(c2ccccc2N(C)C)C(=O)NC1=O. The molecule has 1 N–H and O–H groups in total. The first-order chi connectivity index (χ1) is 8.50. The van der Waals surface area contributed by atoms with Crippen LogP contribution in [0, 0.1) is 5.92 Å². The molecule has 0 bridgehead atoms. The van der Waals surface area contributed by atoms with Crippen molar-refractivity contribution in [1.29, 1.82) is 0 Å². The van der Waals surface area contributed by atoms with Crippen molar-refractivity contribution in [3.63, 3.8) is 0 Å². The van der Waals surface area contributed by atoms with Crippen LogP contribution in [0.2, 0.25) is 0 Å². The lowest BCUT2D eigenvalue weighted by Crippen LogP contribution is -2.54. The molecular weight excluding hydrogens is 230 g/mol. The van der Waals surface area contributed by atoms with Gasteiger partial charge in [-0.25, -0.2) is 4.79 Å². The highest BCUT2D eigenvalue weighted by Gasteiger charge is 2.31. The minimum Gasteiger partial charge on any atom is -0.376 e. The van der Waals surface area contributed by atoms with Crippen LogP contribution in [0.15, 0.2) is 24.3 Å². The lowest BCUT2D eigenvalue weighted by atomic mass is 10.1. The third-order valence-corrected chi connectivity index (χ3v) is 3.03. The van der Waals surface area contributed by atoms with E-state index in [4.69, 9.17) is 0 Å². The first-order valence-corrected chi connectivity index (χ1v) is 5.89. The molecule has 1 fully saturated rings. The predicted molar refractivity (Wildman–Crippen MR) is 70.8 cm³/mol. The van der Waals surface area contributed by atoms with Gasteiger partial charge < -0.3 is 4.90 Å². The summed E-state index contributed by atoms with van der Waals surface area (Å²) in [5.74, 6) is -0.406. The van der Waals surface area contributed by atoms with Crippen molar-refractivity contribution < 1.29 is 9.59 Å². The van der Waals surface area contributed by atoms with Crippen molar-refractivity contribution in [2.45, 2.75) is 6.92 Å². The molecule has 3 amide bonds. The van der Waals surface area contributed by atoms with Crippen molar-refractivity contribution >= 4 is 23.3 Å². The maximum absolute atomic E-state index is 11.9. The summed E-state index contributed by atoms with van der Waals surface area (Å²) in [4.78, 5) is 26.9. The van der Waals surface area contributed by atoms with E-state index < -0.39 is 0 Å². The fraction of sp³-hybridized carbons (Fsp3) is 0.385. The Labute approximate surface area is 106 Å². The Kier molecular flexibility index (Phi) is 3.23. The minimum atomic E-state index is -0.354. The number of hydrogen-bond acceptors (Lipinski definition) is 3. The summed E-state index contributed by atoms with van der Waals surface area (Å²) in [7, 11) is 3.85. The first-order valence-electron chi connectivity index (χ1n) is 5.89. The Morgan fingerprint density at radius 2 is 1.94 bits per heavy atom. The number of hydrogen-bond donors (Lipinski definition) is 1. The molecule has 0 aliphatic carbocycles. The normalized spacial score (nSPS) is 19.7. The van der Waals surface area contributed by atoms with Crippen LogP contribution in [0.4, 0.5) is 16.2 Å². The van der Waals surface area contributed by atoms with Gasteiger partial charge in [-0.2, -0.15) is 0 Å². The minimum absolute atomic E-state index is 0.196. The van der Waals surface area contributed by atoms with Gasteiger partial charge in [-0.3, -0.25) is 15.0 Å². The second-order valence-corrected chi connectivity index (χ2v) is 4.69. The third kappa shape index (κ3) is 2.16. The quantitative estimate of drug-likeness (QED) is 0.860. The molecule has 18 heavy (non-hydrogen) atoms. The van der Waals surface area contributed by atoms with Gasteiger partial charge in [-0.05, 0) is 12.1 Å². The van der Waals surface area contributed by atoms with Crippen LogP contribution in [0.3, 0.4) is 0 Å². The molecule has 1 atom stereocenters. The second-order valence-electron chi connectivity index (χ2n) is 4.69. The van der Waals surface area contributed by atoms with E-state index in [1.54, 1.807) is 4.90 Å². The van der Waals surface area contributed by atoms with E-state index in [1.807, 2.05) is 50.2 Å². The van der Waals surface area contributed by atoms with Crippen LogP contribution in [-0.2, 0) is 4.79 Å². The summed E-state index contributed by atoms with van der Waals surface area (Å²) >= 11 is 0. The van der Waals surface area contributed by atoms with E-state index in [-0.39, 0.29) is 17.9 Å². The fourth-order valence-electron chi connectivity index (χ4n) is 2.01. The van der Waals surface area contributed by atoms with Crippen LogP contribution in [-0.4, -0.2) is 32.6 Å².